The first-order chi connectivity index (χ1) is 10.2. The van der Waals surface area contributed by atoms with Crippen molar-refractivity contribution in [3.05, 3.63) is 29.8 Å². The molecule has 0 radical (unpaired) electrons. The van der Waals surface area contributed by atoms with E-state index in [0.29, 0.717) is 28.6 Å². The smallest absolute Gasteiger partial charge is 0.151 e. The van der Waals surface area contributed by atoms with Crippen molar-refractivity contribution in [3.63, 3.8) is 0 Å². The zero-order valence-electron chi connectivity index (χ0n) is 12.2. The van der Waals surface area contributed by atoms with Crippen LogP contribution in [-0.4, -0.2) is 32.6 Å². The maximum absolute atomic E-state index is 6.11. The Morgan fingerprint density at radius 1 is 1.48 bits per heavy atom. The number of hydrogen-bond donors (Lipinski definition) is 2. The fraction of sp³-hybridized carbons (Fsp3) is 0.438. The average molecular weight is 287 g/mol. The normalized spacial score (nSPS) is 23.9. The van der Waals surface area contributed by atoms with Crippen LogP contribution in [0.2, 0.25) is 0 Å². The van der Waals surface area contributed by atoms with Crippen LogP contribution < -0.4 is 16.2 Å². The van der Waals surface area contributed by atoms with Crippen LogP contribution in [0.4, 0.5) is 5.69 Å². The second kappa shape index (κ2) is 5.41. The molecule has 112 valence electrons. The molecule has 2 fully saturated rings. The van der Waals surface area contributed by atoms with Gasteiger partial charge in [-0.2, -0.15) is 0 Å². The first-order valence-corrected chi connectivity index (χ1v) is 7.16. The molecule has 1 spiro atoms. The minimum Gasteiger partial charge on any atom is -0.494 e. The lowest BCUT2D eigenvalue weighted by atomic mass is 9.63. The van der Waals surface area contributed by atoms with Crippen molar-refractivity contribution in [2.75, 3.05) is 26.1 Å². The van der Waals surface area contributed by atoms with Gasteiger partial charge in [-0.1, -0.05) is 6.07 Å². The van der Waals surface area contributed by atoms with Gasteiger partial charge in [0.25, 0.3) is 0 Å². The van der Waals surface area contributed by atoms with Crippen LogP contribution in [0.3, 0.4) is 0 Å². The number of nitrogens with two attached hydrogens (primary N) is 2. The summed E-state index contributed by atoms with van der Waals surface area (Å²) in [4.78, 5) is 4.61. The number of aliphatic imine (C=N–C) groups is 1. The highest BCUT2D eigenvalue weighted by Crippen LogP contribution is 2.48. The molecule has 1 atom stereocenters. The van der Waals surface area contributed by atoms with Crippen LogP contribution in [-0.2, 0) is 4.74 Å². The van der Waals surface area contributed by atoms with E-state index in [-0.39, 0.29) is 0 Å². The summed E-state index contributed by atoms with van der Waals surface area (Å²) in [5.74, 6) is 0.604. The number of benzene rings is 1. The lowest BCUT2D eigenvalue weighted by Crippen LogP contribution is -2.57. The molecule has 1 aliphatic carbocycles. The Morgan fingerprint density at radius 2 is 2.29 bits per heavy atom. The minimum absolute atomic E-state index is 0.313. The van der Waals surface area contributed by atoms with Crippen LogP contribution in [0, 0.1) is 5.41 Å². The standard InChI is InChI=1S/C16H21N3O2/c1-20-15-11(3-2-4-13(15)18)12(17)6-8-19-14-5-7-16(14)9-21-10-16/h2-4,6,8,14H,5,7,9-10,17-18H2,1H3/b12-6-,19-8?. The van der Waals surface area contributed by atoms with Gasteiger partial charge in [-0.25, -0.2) is 0 Å². The molecule has 5 heteroatoms. The number of methoxy groups -OCH3 is 1. The summed E-state index contributed by atoms with van der Waals surface area (Å²) in [6.07, 6.45) is 5.96. The maximum Gasteiger partial charge on any atom is 0.151 e. The van der Waals surface area contributed by atoms with Crippen molar-refractivity contribution >= 4 is 17.6 Å². The first kappa shape index (κ1) is 13.9. The molecule has 0 aromatic heterocycles. The van der Waals surface area contributed by atoms with Gasteiger partial charge in [-0.15, -0.1) is 0 Å². The number of rotatable bonds is 4. The van der Waals surface area contributed by atoms with Gasteiger partial charge in [0.1, 0.15) is 0 Å². The van der Waals surface area contributed by atoms with Crippen LogP contribution in [0.1, 0.15) is 18.4 Å². The van der Waals surface area contributed by atoms with Gasteiger partial charge in [-0.3, -0.25) is 4.99 Å². The third kappa shape index (κ3) is 2.38. The molecule has 5 nitrogen and oxygen atoms in total. The van der Waals surface area contributed by atoms with Crippen molar-refractivity contribution < 1.29 is 9.47 Å². The monoisotopic (exact) mass is 287 g/mol. The molecule has 1 aromatic rings. The predicted octanol–water partition coefficient (Wildman–Crippen LogP) is 1.83. The summed E-state index contributed by atoms with van der Waals surface area (Å²) in [5.41, 5.74) is 14.3. The Bertz CT molecular complexity index is 586. The Balaban J connectivity index is 1.73. The predicted molar refractivity (Wildman–Crippen MR) is 84.3 cm³/mol. The number of ether oxygens (including phenoxy) is 2. The van der Waals surface area contributed by atoms with Crippen molar-refractivity contribution in [1.82, 2.24) is 0 Å². The highest BCUT2D eigenvalue weighted by atomic mass is 16.5. The molecule has 1 saturated carbocycles. The Labute approximate surface area is 124 Å². The van der Waals surface area contributed by atoms with Crippen molar-refractivity contribution in [3.8, 4) is 5.75 Å². The van der Waals surface area contributed by atoms with Gasteiger partial charge in [0.05, 0.1) is 32.1 Å². The zero-order valence-corrected chi connectivity index (χ0v) is 12.2. The van der Waals surface area contributed by atoms with Gasteiger partial charge < -0.3 is 20.9 Å². The minimum atomic E-state index is 0.313. The summed E-state index contributed by atoms with van der Waals surface area (Å²) < 4.78 is 10.6. The van der Waals surface area contributed by atoms with Crippen molar-refractivity contribution in [2.24, 2.45) is 16.1 Å². The van der Waals surface area contributed by atoms with Gasteiger partial charge in [0.2, 0.25) is 0 Å². The van der Waals surface area contributed by atoms with E-state index in [4.69, 9.17) is 20.9 Å². The third-order valence-corrected chi connectivity index (χ3v) is 4.48. The maximum atomic E-state index is 6.11. The lowest BCUT2D eigenvalue weighted by molar-refractivity contribution is -0.167. The molecule has 3 rings (SSSR count). The quantitative estimate of drug-likeness (QED) is 0.653. The van der Waals surface area contributed by atoms with Gasteiger partial charge in [0, 0.05) is 22.9 Å². The van der Waals surface area contributed by atoms with Gasteiger partial charge >= 0.3 is 0 Å². The molecular formula is C16H21N3O2. The van der Waals surface area contributed by atoms with E-state index < -0.39 is 0 Å². The Kier molecular flexibility index (Phi) is 3.59. The lowest BCUT2D eigenvalue weighted by Gasteiger charge is -2.53. The summed E-state index contributed by atoms with van der Waals surface area (Å²) >= 11 is 0. The van der Waals surface area contributed by atoms with Crippen LogP contribution >= 0.6 is 0 Å². The Morgan fingerprint density at radius 3 is 2.86 bits per heavy atom. The van der Waals surface area contributed by atoms with E-state index in [0.717, 1.165) is 25.2 Å². The molecule has 0 bridgehead atoms. The van der Waals surface area contributed by atoms with Crippen LogP contribution in [0.15, 0.2) is 29.3 Å². The number of anilines is 1. The fourth-order valence-corrected chi connectivity index (χ4v) is 2.94. The number of nitrogens with zero attached hydrogens (tertiary/aromatic N) is 1. The van der Waals surface area contributed by atoms with Crippen LogP contribution in [0.5, 0.6) is 5.75 Å². The molecule has 4 N–H and O–H groups in total. The summed E-state index contributed by atoms with van der Waals surface area (Å²) in [7, 11) is 1.59. The third-order valence-electron chi connectivity index (χ3n) is 4.48. The molecule has 1 heterocycles. The highest BCUT2D eigenvalue weighted by Gasteiger charge is 2.52. The molecule has 2 aliphatic rings. The second-order valence-electron chi connectivity index (χ2n) is 5.76. The molecule has 0 amide bonds. The molecule has 21 heavy (non-hydrogen) atoms. The van der Waals surface area contributed by atoms with Crippen LogP contribution in [0.25, 0.3) is 5.70 Å². The fourth-order valence-electron chi connectivity index (χ4n) is 2.94. The molecule has 1 aromatic carbocycles. The van der Waals surface area contributed by atoms with E-state index in [1.165, 1.54) is 6.42 Å². The molecule has 1 aliphatic heterocycles. The number of nitrogen functional groups attached to an aromatic ring is 1. The zero-order chi connectivity index (χ0) is 14.9. The average Bonchev–Trinajstić information content (AvgIpc) is 2.40. The number of allylic oxidation sites excluding steroid dienone is 1. The Hall–Kier alpha value is -2.01. The largest absolute Gasteiger partial charge is 0.494 e. The first-order valence-electron chi connectivity index (χ1n) is 7.16. The van der Waals surface area contributed by atoms with E-state index in [1.54, 1.807) is 19.4 Å². The van der Waals surface area contributed by atoms with Crippen molar-refractivity contribution in [2.45, 2.75) is 18.9 Å². The van der Waals surface area contributed by atoms with Crippen molar-refractivity contribution in [1.29, 1.82) is 0 Å². The van der Waals surface area contributed by atoms with Gasteiger partial charge in [-0.05, 0) is 31.1 Å². The molecule has 1 unspecified atom stereocenters. The van der Waals surface area contributed by atoms with E-state index >= 15 is 0 Å². The molecule has 1 saturated heterocycles. The SMILES string of the molecule is COc1c(N)cccc1/C(N)=C/C=NC1CCC12COC2. The number of para-hydroxylation sites is 1. The summed E-state index contributed by atoms with van der Waals surface area (Å²) in [6.45, 7) is 1.69. The summed E-state index contributed by atoms with van der Waals surface area (Å²) in [5, 5.41) is 0. The van der Waals surface area contributed by atoms with E-state index in [2.05, 4.69) is 4.99 Å². The number of hydrogen-bond acceptors (Lipinski definition) is 5. The van der Waals surface area contributed by atoms with Gasteiger partial charge in [0.15, 0.2) is 5.75 Å². The second-order valence-corrected chi connectivity index (χ2v) is 5.76. The summed E-state index contributed by atoms with van der Waals surface area (Å²) in [6, 6.07) is 5.91. The highest BCUT2D eigenvalue weighted by molar-refractivity contribution is 5.86. The topological polar surface area (TPSA) is 82.9 Å². The van der Waals surface area contributed by atoms with E-state index in [1.807, 2.05) is 18.2 Å². The van der Waals surface area contributed by atoms with E-state index in [9.17, 15) is 0 Å². The molecular weight excluding hydrogens is 266 g/mol.